The van der Waals surface area contributed by atoms with Crippen LogP contribution in [0.1, 0.15) is 22.5 Å². The minimum Gasteiger partial charge on any atom is -0.333 e. The summed E-state index contributed by atoms with van der Waals surface area (Å²) in [7, 11) is -3.21. The molecule has 2 atom stereocenters. The standard InChI is InChI=1S/C13H17ClN2O3S2/c1-21(18,19)15-6-9-2-3-10(8-15)16(7-9)13(17)11-4-5-12(14)20-11/h4-5,9-10H,2-3,6-8H2,1H3/t9-,10+/m1/s1. The van der Waals surface area contributed by atoms with Crippen molar-refractivity contribution in [2.24, 2.45) is 5.92 Å². The molecule has 0 N–H and O–H groups in total. The van der Waals surface area contributed by atoms with Crippen molar-refractivity contribution in [1.29, 1.82) is 0 Å². The van der Waals surface area contributed by atoms with Crippen molar-refractivity contribution in [2.75, 3.05) is 25.9 Å². The molecule has 2 bridgehead atoms. The molecule has 0 spiro atoms. The van der Waals surface area contributed by atoms with Crippen LogP contribution in [0.15, 0.2) is 12.1 Å². The Morgan fingerprint density at radius 3 is 2.67 bits per heavy atom. The van der Waals surface area contributed by atoms with Gasteiger partial charge in [0.25, 0.3) is 5.91 Å². The zero-order chi connectivity index (χ0) is 15.2. The predicted molar refractivity (Wildman–Crippen MR) is 83.3 cm³/mol. The molecule has 116 valence electrons. The van der Waals surface area contributed by atoms with E-state index in [1.807, 2.05) is 4.90 Å². The van der Waals surface area contributed by atoms with Gasteiger partial charge in [-0.2, -0.15) is 4.31 Å². The van der Waals surface area contributed by atoms with Crippen LogP contribution >= 0.6 is 22.9 Å². The Labute approximate surface area is 133 Å². The third-order valence-corrected chi connectivity index (χ3v) is 6.65. The molecule has 3 aliphatic rings. The summed E-state index contributed by atoms with van der Waals surface area (Å²) in [5.74, 6) is 0.190. The first-order valence-corrected chi connectivity index (χ1v) is 9.90. The normalized spacial score (nSPS) is 26.9. The fourth-order valence-corrected chi connectivity index (χ4v) is 5.05. The van der Waals surface area contributed by atoms with E-state index >= 15 is 0 Å². The molecule has 4 rings (SSSR count). The zero-order valence-corrected chi connectivity index (χ0v) is 14.0. The maximum absolute atomic E-state index is 12.6. The van der Waals surface area contributed by atoms with Crippen LogP contribution in [0.5, 0.6) is 0 Å². The molecule has 1 aromatic rings. The lowest BCUT2D eigenvalue weighted by Gasteiger charge is -2.35. The lowest BCUT2D eigenvalue weighted by Crippen LogP contribution is -2.47. The predicted octanol–water partition coefficient (Wildman–Crippen LogP) is 1.90. The lowest BCUT2D eigenvalue weighted by atomic mass is 9.95. The number of sulfonamides is 1. The summed E-state index contributed by atoms with van der Waals surface area (Å²) in [5.41, 5.74) is 0. The molecular weight excluding hydrogens is 332 g/mol. The van der Waals surface area contributed by atoms with Gasteiger partial charge in [-0.15, -0.1) is 11.3 Å². The largest absolute Gasteiger partial charge is 0.333 e. The van der Waals surface area contributed by atoms with Crippen molar-refractivity contribution < 1.29 is 13.2 Å². The van der Waals surface area contributed by atoms with Crippen molar-refractivity contribution in [3.05, 3.63) is 21.3 Å². The first-order valence-electron chi connectivity index (χ1n) is 6.86. The SMILES string of the molecule is CS(=O)(=O)N1C[C@H]2CC[C@@H](C1)N(C(=O)c1ccc(Cl)s1)C2. The van der Waals surface area contributed by atoms with E-state index in [1.54, 1.807) is 12.1 Å². The molecule has 1 aromatic heterocycles. The topological polar surface area (TPSA) is 57.7 Å². The molecule has 5 nitrogen and oxygen atoms in total. The Balaban J connectivity index is 1.84. The maximum atomic E-state index is 12.6. The van der Waals surface area contributed by atoms with Gasteiger partial charge in [0.05, 0.1) is 15.5 Å². The van der Waals surface area contributed by atoms with Gasteiger partial charge in [0, 0.05) is 25.7 Å². The van der Waals surface area contributed by atoms with E-state index in [9.17, 15) is 13.2 Å². The van der Waals surface area contributed by atoms with Crippen molar-refractivity contribution in [3.63, 3.8) is 0 Å². The number of thiophene rings is 1. The van der Waals surface area contributed by atoms with Gasteiger partial charge in [-0.25, -0.2) is 8.42 Å². The van der Waals surface area contributed by atoms with Crippen LogP contribution in [0.2, 0.25) is 4.34 Å². The van der Waals surface area contributed by atoms with Crippen LogP contribution in [-0.4, -0.2) is 55.5 Å². The number of nitrogens with zero attached hydrogens (tertiary/aromatic N) is 2. The number of rotatable bonds is 2. The van der Waals surface area contributed by atoms with Gasteiger partial charge in [0.15, 0.2) is 0 Å². The van der Waals surface area contributed by atoms with Crippen molar-refractivity contribution in [1.82, 2.24) is 9.21 Å². The summed E-state index contributed by atoms with van der Waals surface area (Å²) in [6.07, 6.45) is 3.08. The highest BCUT2D eigenvalue weighted by Crippen LogP contribution is 2.32. The van der Waals surface area contributed by atoms with Crippen LogP contribution in [0.4, 0.5) is 0 Å². The summed E-state index contributed by atoms with van der Waals surface area (Å²) >= 11 is 7.17. The fraction of sp³-hybridized carbons (Fsp3) is 0.615. The highest BCUT2D eigenvalue weighted by atomic mass is 35.5. The second kappa shape index (κ2) is 5.53. The minimum atomic E-state index is -3.21. The molecule has 3 fully saturated rings. The van der Waals surface area contributed by atoms with E-state index in [4.69, 9.17) is 11.6 Å². The highest BCUT2D eigenvalue weighted by Gasteiger charge is 2.40. The van der Waals surface area contributed by atoms with Gasteiger partial charge in [0.2, 0.25) is 10.0 Å². The van der Waals surface area contributed by atoms with E-state index in [1.165, 1.54) is 21.9 Å². The maximum Gasteiger partial charge on any atom is 0.264 e. The van der Waals surface area contributed by atoms with Gasteiger partial charge < -0.3 is 4.90 Å². The average molecular weight is 349 g/mol. The van der Waals surface area contributed by atoms with Crippen molar-refractivity contribution in [2.45, 2.75) is 18.9 Å². The number of hydrogen-bond acceptors (Lipinski definition) is 4. The third kappa shape index (κ3) is 3.11. The number of piperidine rings is 1. The summed E-state index contributed by atoms with van der Waals surface area (Å²) in [4.78, 5) is 15.1. The first kappa shape index (κ1) is 15.3. The second-order valence-electron chi connectivity index (χ2n) is 5.74. The number of amides is 1. The van der Waals surface area contributed by atoms with E-state index in [0.29, 0.717) is 28.8 Å². The van der Waals surface area contributed by atoms with Crippen LogP contribution < -0.4 is 0 Å². The van der Waals surface area contributed by atoms with E-state index in [-0.39, 0.29) is 17.9 Å². The molecule has 8 heteroatoms. The highest BCUT2D eigenvalue weighted by molar-refractivity contribution is 7.88. The number of carbonyl (C=O) groups is 1. The summed E-state index contributed by atoms with van der Waals surface area (Å²) < 4.78 is 25.7. The Hall–Kier alpha value is -0.630. The zero-order valence-electron chi connectivity index (χ0n) is 11.7. The Morgan fingerprint density at radius 1 is 1.29 bits per heavy atom. The van der Waals surface area contributed by atoms with Gasteiger partial charge in [-0.1, -0.05) is 11.6 Å². The number of halogens is 1. The average Bonchev–Trinajstić information content (AvgIpc) is 2.64. The van der Waals surface area contributed by atoms with Crippen LogP contribution in [0.25, 0.3) is 0 Å². The molecule has 0 unspecified atom stereocenters. The van der Waals surface area contributed by atoms with Crippen molar-refractivity contribution in [3.8, 4) is 0 Å². The Kier molecular flexibility index (Phi) is 4.02. The van der Waals surface area contributed by atoms with E-state index in [0.717, 1.165) is 12.8 Å². The molecular formula is C13H17ClN2O3S2. The Bertz CT molecular complexity index is 658. The van der Waals surface area contributed by atoms with E-state index in [2.05, 4.69) is 0 Å². The number of carbonyl (C=O) groups excluding carboxylic acids is 1. The summed E-state index contributed by atoms with van der Waals surface area (Å²) in [5, 5.41) is 0. The number of hydrogen-bond donors (Lipinski definition) is 0. The molecule has 0 radical (unpaired) electrons. The fourth-order valence-electron chi connectivity index (χ4n) is 3.13. The molecule has 21 heavy (non-hydrogen) atoms. The molecule has 0 aliphatic carbocycles. The van der Waals surface area contributed by atoms with Gasteiger partial charge in [0.1, 0.15) is 0 Å². The minimum absolute atomic E-state index is 0.0306. The van der Waals surface area contributed by atoms with Gasteiger partial charge in [-0.3, -0.25) is 4.79 Å². The molecule has 4 heterocycles. The van der Waals surface area contributed by atoms with Crippen LogP contribution in [-0.2, 0) is 10.0 Å². The summed E-state index contributed by atoms with van der Waals surface area (Å²) in [6, 6.07) is 3.42. The molecule has 0 saturated carbocycles. The first-order chi connectivity index (χ1) is 9.84. The quantitative estimate of drug-likeness (QED) is 0.820. The molecule has 0 aromatic carbocycles. The lowest BCUT2D eigenvalue weighted by molar-refractivity contribution is 0.0594. The number of fused-ring (bicyclic) bond motifs is 4. The molecule has 3 saturated heterocycles. The van der Waals surface area contributed by atoms with Gasteiger partial charge in [-0.05, 0) is 30.9 Å². The Morgan fingerprint density at radius 2 is 2.05 bits per heavy atom. The summed E-state index contributed by atoms with van der Waals surface area (Å²) in [6.45, 7) is 1.55. The van der Waals surface area contributed by atoms with Gasteiger partial charge >= 0.3 is 0 Å². The van der Waals surface area contributed by atoms with Crippen LogP contribution in [0, 0.1) is 5.92 Å². The smallest absolute Gasteiger partial charge is 0.264 e. The molecule has 1 amide bonds. The van der Waals surface area contributed by atoms with E-state index < -0.39 is 10.0 Å². The second-order valence-corrected chi connectivity index (χ2v) is 9.44. The monoisotopic (exact) mass is 348 g/mol. The molecule has 3 aliphatic heterocycles. The van der Waals surface area contributed by atoms with Crippen molar-refractivity contribution >= 4 is 38.9 Å². The third-order valence-electron chi connectivity index (χ3n) is 4.19. The van der Waals surface area contributed by atoms with Crippen LogP contribution in [0.3, 0.4) is 0 Å².